The van der Waals surface area contributed by atoms with Crippen molar-refractivity contribution in [3.63, 3.8) is 0 Å². The Kier molecular flexibility index (Phi) is 7.17. The van der Waals surface area contributed by atoms with Gasteiger partial charge in [-0.15, -0.1) is 0 Å². The molecule has 0 N–H and O–H groups in total. The predicted molar refractivity (Wildman–Crippen MR) is 110 cm³/mol. The van der Waals surface area contributed by atoms with Gasteiger partial charge < -0.3 is 14.4 Å². The van der Waals surface area contributed by atoms with E-state index in [0.717, 1.165) is 0 Å². The molecule has 4 rings (SSSR count). The van der Waals surface area contributed by atoms with Gasteiger partial charge in [0.25, 0.3) is 0 Å². The molecule has 3 fully saturated rings. The lowest BCUT2D eigenvalue weighted by molar-refractivity contribution is -0.143. The van der Waals surface area contributed by atoms with Crippen LogP contribution in [0.4, 0.5) is 26.3 Å². The lowest BCUT2D eigenvalue weighted by Crippen LogP contribution is -2.48. The van der Waals surface area contributed by atoms with Crippen LogP contribution in [0.5, 0.6) is 0 Å². The van der Waals surface area contributed by atoms with E-state index in [2.05, 4.69) is 4.90 Å². The molecule has 11 heteroatoms. The standard InChI is InChI=1S/C23H28F6N2O3/c1-14-19-10-16(21(32)30-4-6-33-7-5-30)2-3-31(19)12-20(14)34-13-15-8-17(22(24,25)26)11-18(9-15)23(27,28)29/h8-9,11,14,16,19-20H,2-7,10,12-13H2,1H3. The topological polar surface area (TPSA) is 42.0 Å². The molecule has 34 heavy (non-hydrogen) atoms. The number of benzene rings is 1. The van der Waals surface area contributed by atoms with Gasteiger partial charge in [-0.05, 0) is 49.1 Å². The third kappa shape index (κ3) is 5.52. The zero-order valence-corrected chi connectivity index (χ0v) is 18.8. The Morgan fingerprint density at radius 1 is 1.03 bits per heavy atom. The van der Waals surface area contributed by atoms with E-state index in [9.17, 15) is 31.1 Å². The molecule has 0 bridgehead atoms. The van der Waals surface area contributed by atoms with Crippen molar-refractivity contribution < 1.29 is 40.6 Å². The second kappa shape index (κ2) is 9.66. The van der Waals surface area contributed by atoms with E-state index in [-0.39, 0.29) is 48.1 Å². The van der Waals surface area contributed by atoms with Crippen LogP contribution in [0.3, 0.4) is 0 Å². The van der Waals surface area contributed by atoms with E-state index in [1.165, 1.54) is 0 Å². The third-order valence-electron chi connectivity index (χ3n) is 7.15. The van der Waals surface area contributed by atoms with Gasteiger partial charge in [-0.1, -0.05) is 6.92 Å². The van der Waals surface area contributed by atoms with E-state index in [0.29, 0.717) is 64.4 Å². The Hall–Kier alpha value is -1.85. The van der Waals surface area contributed by atoms with Gasteiger partial charge in [-0.25, -0.2) is 0 Å². The maximum absolute atomic E-state index is 13.1. The Morgan fingerprint density at radius 2 is 1.65 bits per heavy atom. The normalized spacial score (nSPS) is 28.7. The summed E-state index contributed by atoms with van der Waals surface area (Å²) in [4.78, 5) is 17.0. The quantitative estimate of drug-likeness (QED) is 0.589. The number of carbonyl (C=O) groups excluding carboxylic acids is 1. The first-order valence-electron chi connectivity index (χ1n) is 11.4. The van der Waals surface area contributed by atoms with Crippen LogP contribution in [0.1, 0.15) is 36.5 Å². The first kappa shape index (κ1) is 25.2. The summed E-state index contributed by atoms with van der Waals surface area (Å²) in [6, 6.07) is 1.62. The average molecular weight is 494 g/mol. The summed E-state index contributed by atoms with van der Waals surface area (Å²) in [5.74, 6) is 0.0229. The maximum Gasteiger partial charge on any atom is 0.416 e. The van der Waals surface area contributed by atoms with Gasteiger partial charge in [0.05, 0.1) is 37.1 Å². The Morgan fingerprint density at radius 3 is 2.24 bits per heavy atom. The molecule has 3 saturated heterocycles. The second-order valence-electron chi connectivity index (χ2n) is 9.34. The Labute approximate surface area is 194 Å². The number of hydrogen-bond acceptors (Lipinski definition) is 4. The van der Waals surface area contributed by atoms with Crippen molar-refractivity contribution in [2.45, 2.75) is 50.9 Å². The van der Waals surface area contributed by atoms with Gasteiger partial charge in [0.2, 0.25) is 5.91 Å². The fourth-order valence-electron chi connectivity index (χ4n) is 5.24. The largest absolute Gasteiger partial charge is 0.416 e. The highest BCUT2D eigenvalue weighted by atomic mass is 19.4. The van der Waals surface area contributed by atoms with Gasteiger partial charge in [-0.2, -0.15) is 26.3 Å². The van der Waals surface area contributed by atoms with E-state index >= 15 is 0 Å². The first-order chi connectivity index (χ1) is 15.9. The number of carbonyl (C=O) groups is 1. The van der Waals surface area contributed by atoms with Gasteiger partial charge in [0.15, 0.2) is 0 Å². The molecule has 4 atom stereocenters. The smallest absolute Gasteiger partial charge is 0.378 e. The molecule has 1 aromatic rings. The molecule has 3 heterocycles. The van der Waals surface area contributed by atoms with Crippen LogP contribution >= 0.6 is 0 Å². The molecule has 0 radical (unpaired) electrons. The lowest BCUT2D eigenvalue weighted by atomic mass is 9.85. The number of alkyl halides is 6. The molecule has 190 valence electrons. The highest BCUT2D eigenvalue weighted by molar-refractivity contribution is 5.79. The SMILES string of the molecule is CC1C(OCc2cc(C(F)(F)F)cc(C(F)(F)F)c2)CN2CCC(C(=O)N3CCOCC3)CC12. The van der Waals surface area contributed by atoms with Crippen molar-refractivity contribution in [3.05, 3.63) is 34.9 Å². The minimum absolute atomic E-state index is 0.00632. The van der Waals surface area contributed by atoms with Crippen LogP contribution in [0.2, 0.25) is 0 Å². The molecular formula is C23H28F6N2O3. The predicted octanol–water partition coefficient (Wildman–Crippen LogP) is 4.20. The summed E-state index contributed by atoms with van der Waals surface area (Å²) < 4.78 is 89.9. The third-order valence-corrected chi connectivity index (χ3v) is 7.15. The van der Waals surface area contributed by atoms with Crippen LogP contribution < -0.4 is 0 Å². The van der Waals surface area contributed by atoms with Gasteiger partial charge in [0.1, 0.15) is 0 Å². The number of fused-ring (bicyclic) bond motifs is 1. The molecule has 0 aliphatic carbocycles. The summed E-state index contributed by atoms with van der Waals surface area (Å²) in [5.41, 5.74) is -2.86. The summed E-state index contributed by atoms with van der Waals surface area (Å²) in [5, 5.41) is 0. The summed E-state index contributed by atoms with van der Waals surface area (Å²) in [6.07, 6.45) is -8.74. The van der Waals surface area contributed by atoms with Crippen molar-refractivity contribution in [1.29, 1.82) is 0 Å². The van der Waals surface area contributed by atoms with E-state index < -0.39 is 23.5 Å². The van der Waals surface area contributed by atoms with Gasteiger partial charge >= 0.3 is 12.4 Å². The highest BCUT2D eigenvalue weighted by Crippen LogP contribution is 2.39. The Balaban J connectivity index is 1.40. The summed E-state index contributed by atoms with van der Waals surface area (Å²) in [7, 11) is 0. The van der Waals surface area contributed by atoms with Crippen LogP contribution in [-0.4, -0.2) is 67.2 Å². The number of morpholine rings is 1. The summed E-state index contributed by atoms with van der Waals surface area (Å²) >= 11 is 0. The molecule has 3 aliphatic rings. The molecule has 1 amide bonds. The number of amides is 1. The van der Waals surface area contributed by atoms with Crippen molar-refractivity contribution in [2.75, 3.05) is 39.4 Å². The van der Waals surface area contributed by atoms with Crippen LogP contribution in [0.25, 0.3) is 0 Å². The van der Waals surface area contributed by atoms with Crippen molar-refractivity contribution in [3.8, 4) is 0 Å². The van der Waals surface area contributed by atoms with Crippen molar-refractivity contribution in [2.24, 2.45) is 11.8 Å². The molecule has 0 spiro atoms. The molecule has 0 saturated carbocycles. The van der Waals surface area contributed by atoms with E-state index in [1.54, 1.807) is 0 Å². The highest BCUT2D eigenvalue weighted by Gasteiger charge is 2.45. The molecule has 4 unspecified atom stereocenters. The molecule has 1 aromatic carbocycles. The maximum atomic E-state index is 13.1. The van der Waals surface area contributed by atoms with Crippen molar-refractivity contribution in [1.82, 2.24) is 9.80 Å². The zero-order chi connectivity index (χ0) is 24.7. The van der Waals surface area contributed by atoms with Crippen molar-refractivity contribution >= 4 is 5.91 Å². The number of piperidine rings is 1. The average Bonchev–Trinajstić information content (AvgIpc) is 3.11. The fourth-order valence-corrected chi connectivity index (χ4v) is 5.24. The molecule has 3 aliphatic heterocycles. The lowest BCUT2D eigenvalue weighted by Gasteiger charge is -2.38. The number of nitrogens with zero attached hydrogens (tertiary/aromatic N) is 2. The number of halogens is 6. The number of rotatable bonds is 4. The molecular weight excluding hydrogens is 466 g/mol. The first-order valence-corrected chi connectivity index (χ1v) is 11.4. The minimum Gasteiger partial charge on any atom is -0.378 e. The fraction of sp³-hybridized carbons (Fsp3) is 0.696. The number of ether oxygens (including phenoxy) is 2. The van der Waals surface area contributed by atoms with E-state index in [4.69, 9.17) is 9.47 Å². The second-order valence-corrected chi connectivity index (χ2v) is 9.34. The Bertz CT molecular complexity index is 852. The minimum atomic E-state index is -4.89. The molecule has 5 nitrogen and oxygen atoms in total. The summed E-state index contributed by atoms with van der Waals surface area (Å²) in [6.45, 7) is 5.09. The monoisotopic (exact) mass is 494 g/mol. The molecule has 0 aromatic heterocycles. The zero-order valence-electron chi connectivity index (χ0n) is 18.8. The van der Waals surface area contributed by atoms with Gasteiger partial charge in [0, 0.05) is 31.6 Å². The van der Waals surface area contributed by atoms with Crippen LogP contribution in [0, 0.1) is 11.8 Å². The van der Waals surface area contributed by atoms with Crippen LogP contribution in [-0.2, 0) is 33.2 Å². The van der Waals surface area contributed by atoms with E-state index in [1.807, 2.05) is 11.8 Å². The number of hydrogen-bond donors (Lipinski definition) is 0. The van der Waals surface area contributed by atoms with Gasteiger partial charge in [-0.3, -0.25) is 9.69 Å². The van der Waals surface area contributed by atoms with Crippen LogP contribution in [0.15, 0.2) is 18.2 Å².